The summed E-state index contributed by atoms with van der Waals surface area (Å²) in [7, 11) is 1.87. The van der Waals surface area contributed by atoms with Crippen molar-refractivity contribution in [3.63, 3.8) is 0 Å². The van der Waals surface area contributed by atoms with E-state index in [9.17, 15) is 14.0 Å². The fourth-order valence-corrected chi connectivity index (χ4v) is 5.52. The molecule has 2 amide bonds. The van der Waals surface area contributed by atoms with Crippen LogP contribution in [0, 0.1) is 11.7 Å². The first kappa shape index (κ1) is 22.6. The van der Waals surface area contributed by atoms with Gasteiger partial charge in [-0.1, -0.05) is 43.3 Å². The van der Waals surface area contributed by atoms with E-state index in [1.807, 2.05) is 35.9 Å². The Hall–Kier alpha value is -3.15. The minimum Gasteiger partial charge on any atom is -0.346 e. The average Bonchev–Trinajstić information content (AvgIpc) is 3.59. The van der Waals surface area contributed by atoms with Crippen LogP contribution in [0.15, 0.2) is 59.8 Å². The Morgan fingerprint density at radius 1 is 1.00 bits per heavy atom. The summed E-state index contributed by atoms with van der Waals surface area (Å²) in [5.74, 6) is 0.328. The van der Waals surface area contributed by atoms with Crippen LogP contribution in [-0.2, 0) is 9.59 Å². The topological polar surface area (TPSA) is 43.9 Å². The molecule has 34 heavy (non-hydrogen) atoms. The van der Waals surface area contributed by atoms with E-state index in [1.165, 1.54) is 12.1 Å². The van der Waals surface area contributed by atoms with Crippen LogP contribution in [-0.4, -0.2) is 52.7 Å². The normalized spacial score (nSPS) is 23.2. The maximum atomic E-state index is 13.3. The van der Waals surface area contributed by atoms with Crippen molar-refractivity contribution in [2.24, 2.45) is 5.92 Å². The summed E-state index contributed by atoms with van der Waals surface area (Å²) >= 11 is 0. The van der Waals surface area contributed by atoms with Crippen molar-refractivity contribution in [1.82, 2.24) is 14.7 Å². The summed E-state index contributed by atoms with van der Waals surface area (Å²) in [5.41, 5.74) is 4.84. The van der Waals surface area contributed by atoms with Crippen LogP contribution in [0.25, 0.3) is 11.1 Å². The highest BCUT2D eigenvalue weighted by Crippen LogP contribution is 2.40. The number of benzene rings is 2. The van der Waals surface area contributed by atoms with Crippen molar-refractivity contribution >= 4 is 11.8 Å². The van der Waals surface area contributed by atoms with Crippen LogP contribution in [0.1, 0.15) is 51.3 Å². The van der Waals surface area contributed by atoms with E-state index in [0.29, 0.717) is 18.9 Å². The molecular weight excluding hydrogens is 429 g/mol. The molecule has 6 heteroatoms. The molecule has 0 aromatic heterocycles. The van der Waals surface area contributed by atoms with Gasteiger partial charge in [-0.05, 0) is 61.4 Å². The van der Waals surface area contributed by atoms with Gasteiger partial charge in [0.2, 0.25) is 5.91 Å². The van der Waals surface area contributed by atoms with Crippen molar-refractivity contribution in [2.75, 3.05) is 20.1 Å². The highest BCUT2D eigenvalue weighted by Gasteiger charge is 2.43. The molecular formula is C28H32FN3O2. The van der Waals surface area contributed by atoms with E-state index >= 15 is 0 Å². The molecule has 3 aliphatic rings. The fourth-order valence-electron chi connectivity index (χ4n) is 5.52. The van der Waals surface area contributed by atoms with E-state index < -0.39 is 0 Å². The van der Waals surface area contributed by atoms with Crippen molar-refractivity contribution in [2.45, 2.75) is 51.7 Å². The van der Waals surface area contributed by atoms with Crippen LogP contribution >= 0.6 is 0 Å². The number of likely N-dealkylation sites (tertiary alicyclic amines) is 1. The zero-order valence-electron chi connectivity index (χ0n) is 20.1. The number of nitrogens with zero attached hydrogens (tertiary/aromatic N) is 3. The molecule has 5 rings (SSSR count). The van der Waals surface area contributed by atoms with Gasteiger partial charge >= 0.3 is 0 Å². The monoisotopic (exact) mass is 461 g/mol. The maximum Gasteiger partial charge on any atom is 0.253 e. The number of rotatable bonds is 5. The average molecular weight is 462 g/mol. The molecule has 2 aliphatic heterocycles. The molecule has 1 aliphatic carbocycles. The first-order valence-corrected chi connectivity index (χ1v) is 12.3. The maximum absolute atomic E-state index is 13.3. The molecule has 5 nitrogen and oxygen atoms in total. The minimum absolute atomic E-state index is 0.0628. The lowest BCUT2D eigenvalue weighted by Gasteiger charge is -2.47. The Balaban J connectivity index is 1.47. The highest BCUT2D eigenvalue weighted by atomic mass is 19.1. The standard InChI is InChI=1S/C28H32FN3O2/c1-4-25-18(2)32(24-15-16-31(17-24)27(33)22-9-10-22)26(30(3)28(25)34)21-7-5-19(6-8-21)20-11-13-23(29)14-12-20/h5-8,11-14,22,24,26H,4,9-10,15-17H2,1-3H3. The molecule has 2 heterocycles. The van der Waals surface area contributed by atoms with Gasteiger partial charge < -0.3 is 14.7 Å². The summed E-state index contributed by atoms with van der Waals surface area (Å²) in [6.45, 7) is 5.56. The van der Waals surface area contributed by atoms with E-state index in [-0.39, 0.29) is 29.8 Å². The van der Waals surface area contributed by atoms with E-state index in [4.69, 9.17) is 0 Å². The molecule has 2 unspecified atom stereocenters. The van der Waals surface area contributed by atoms with E-state index in [1.54, 1.807) is 12.1 Å². The third-order valence-electron chi connectivity index (χ3n) is 7.57. The van der Waals surface area contributed by atoms with Gasteiger partial charge in [-0.25, -0.2) is 4.39 Å². The molecule has 0 bridgehead atoms. The summed E-state index contributed by atoms with van der Waals surface area (Å²) in [6.07, 6.45) is 3.38. The molecule has 2 aromatic carbocycles. The Morgan fingerprint density at radius 2 is 1.62 bits per heavy atom. The number of amides is 2. The molecule has 0 radical (unpaired) electrons. The molecule has 2 aromatic rings. The Kier molecular flexibility index (Phi) is 5.92. The molecule has 1 saturated carbocycles. The second kappa shape index (κ2) is 8.90. The number of carbonyl (C=O) groups excluding carboxylic acids is 2. The lowest BCUT2D eigenvalue weighted by Crippen LogP contribution is -2.52. The van der Waals surface area contributed by atoms with Gasteiger partial charge in [0.15, 0.2) is 0 Å². The molecule has 178 valence electrons. The number of likely N-dealkylation sites (N-methyl/N-ethyl adjacent to an activating group) is 1. The largest absolute Gasteiger partial charge is 0.346 e. The van der Waals surface area contributed by atoms with Crippen LogP contribution in [0.5, 0.6) is 0 Å². The van der Waals surface area contributed by atoms with Crippen molar-refractivity contribution in [3.05, 3.63) is 71.2 Å². The van der Waals surface area contributed by atoms with Crippen LogP contribution < -0.4 is 0 Å². The quantitative estimate of drug-likeness (QED) is 0.632. The fraction of sp³-hybridized carbons (Fsp3) is 0.429. The second-order valence-electron chi connectivity index (χ2n) is 9.74. The summed E-state index contributed by atoms with van der Waals surface area (Å²) in [5, 5.41) is 0. The lowest BCUT2D eigenvalue weighted by molar-refractivity contribution is -0.136. The molecule has 1 saturated heterocycles. The van der Waals surface area contributed by atoms with Crippen molar-refractivity contribution in [1.29, 1.82) is 0 Å². The van der Waals surface area contributed by atoms with E-state index in [0.717, 1.165) is 53.8 Å². The molecule has 0 spiro atoms. The van der Waals surface area contributed by atoms with Gasteiger partial charge in [0.25, 0.3) is 5.91 Å². The van der Waals surface area contributed by atoms with Crippen LogP contribution in [0.3, 0.4) is 0 Å². The predicted molar refractivity (Wildman–Crippen MR) is 130 cm³/mol. The van der Waals surface area contributed by atoms with Gasteiger partial charge in [0.05, 0.1) is 6.04 Å². The minimum atomic E-state index is -0.252. The Bertz CT molecular complexity index is 1120. The number of halogens is 1. The third kappa shape index (κ3) is 3.99. The van der Waals surface area contributed by atoms with Gasteiger partial charge in [-0.3, -0.25) is 9.59 Å². The summed E-state index contributed by atoms with van der Waals surface area (Å²) in [4.78, 5) is 32.2. The van der Waals surface area contributed by atoms with Crippen LogP contribution in [0.4, 0.5) is 4.39 Å². The zero-order chi connectivity index (χ0) is 24.0. The van der Waals surface area contributed by atoms with Gasteiger partial charge in [0.1, 0.15) is 12.0 Å². The second-order valence-corrected chi connectivity index (χ2v) is 9.74. The number of allylic oxidation sites excluding steroid dienone is 1. The Morgan fingerprint density at radius 3 is 2.21 bits per heavy atom. The van der Waals surface area contributed by atoms with Gasteiger partial charge in [-0.2, -0.15) is 0 Å². The third-order valence-corrected chi connectivity index (χ3v) is 7.57. The first-order valence-electron chi connectivity index (χ1n) is 12.3. The highest BCUT2D eigenvalue weighted by molar-refractivity contribution is 5.95. The first-order chi connectivity index (χ1) is 16.4. The molecule has 2 atom stereocenters. The van der Waals surface area contributed by atoms with Gasteiger partial charge in [0, 0.05) is 37.3 Å². The number of carbonyl (C=O) groups is 2. The van der Waals surface area contributed by atoms with Crippen molar-refractivity contribution in [3.8, 4) is 11.1 Å². The Labute approximate surface area is 200 Å². The SMILES string of the molecule is CCC1=C(C)N(C2CCN(C(=O)C3CC3)C2)C(c2ccc(-c3ccc(F)cc3)cc2)N(C)C1=O. The van der Waals surface area contributed by atoms with Crippen molar-refractivity contribution < 1.29 is 14.0 Å². The molecule has 0 N–H and O–H groups in total. The zero-order valence-corrected chi connectivity index (χ0v) is 20.1. The van der Waals surface area contributed by atoms with Crippen LogP contribution in [0.2, 0.25) is 0 Å². The smallest absolute Gasteiger partial charge is 0.253 e. The number of hydrogen-bond acceptors (Lipinski definition) is 3. The number of hydrogen-bond donors (Lipinski definition) is 0. The van der Waals surface area contributed by atoms with E-state index in [2.05, 4.69) is 24.0 Å². The molecule has 2 fully saturated rings. The lowest BCUT2D eigenvalue weighted by atomic mass is 9.97. The predicted octanol–water partition coefficient (Wildman–Crippen LogP) is 4.96. The summed E-state index contributed by atoms with van der Waals surface area (Å²) in [6, 6.07) is 14.8. The summed E-state index contributed by atoms with van der Waals surface area (Å²) < 4.78 is 13.3. The van der Waals surface area contributed by atoms with Gasteiger partial charge in [-0.15, -0.1) is 0 Å².